The van der Waals surface area contributed by atoms with Crippen molar-refractivity contribution < 1.29 is 9.18 Å². The standard InChI is InChI=1S/C12H6Cl3FN2O/c13-6-2-1-3-8(16)10(6)18-12(19)11-7(14)4-5-9(15)17-11/h1-5H,(H,18,19). The molecule has 1 aromatic carbocycles. The second-order valence-electron chi connectivity index (χ2n) is 3.52. The molecule has 1 heterocycles. The van der Waals surface area contributed by atoms with Crippen molar-refractivity contribution in [1.29, 1.82) is 0 Å². The first kappa shape index (κ1) is 14.1. The molecule has 0 aliphatic heterocycles. The van der Waals surface area contributed by atoms with Gasteiger partial charge in [0.1, 0.15) is 16.7 Å². The predicted octanol–water partition coefficient (Wildman–Crippen LogP) is 4.43. The Labute approximate surface area is 123 Å². The molecule has 2 aromatic rings. The van der Waals surface area contributed by atoms with Gasteiger partial charge in [-0.1, -0.05) is 40.9 Å². The van der Waals surface area contributed by atoms with Crippen LogP contribution in [-0.2, 0) is 0 Å². The number of amides is 1. The highest BCUT2D eigenvalue weighted by Crippen LogP contribution is 2.26. The fourth-order valence-corrected chi connectivity index (χ4v) is 1.92. The summed E-state index contributed by atoms with van der Waals surface area (Å²) in [5.41, 5.74) is -0.236. The zero-order chi connectivity index (χ0) is 14.0. The maximum absolute atomic E-state index is 13.5. The number of anilines is 1. The molecule has 0 aliphatic rings. The van der Waals surface area contributed by atoms with Crippen LogP contribution >= 0.6 is 34.8 Å². The normalized spacial score (nSPS) is 10.3. The van der Waals surface area contributed by atoms with Crippen LogP contribution in [0.25, 0.3) is 0 Å². The van der Waals surface area contributed by atoms with Crippen molar-refractivity contribution >= 4 is 46.4 Å². The van der Waals surface area contributed by atoms with Crippen LogP contribution in [-0.4, -0.2) is 10.9 Å². The number of nitrogens with zero attached hydrogens (tertiary/aromatic N) is 1. The van der Waals surface area contributed by atoms with Gasteiger partial charge in [-0.05, 0) is 24.3 Å². The van der Waals surface area contributed by atoms with Crippen LogP contribution in [0, 0.1) is 5.82 Å². The van der Waals surface area contributed by atoms with Crippen molar-refractivity contribution in [3.05, 3.63) is 57.0 Å². The fourth-order valence-electron chi connectivity index (χ4n) is 1.37. The van der Waals surface area contributed by atoms with Crippen molar-refractivity contribution in [2.75, 3.05) is 5.32 Å². The Balaban J connectivity index is 2.34. The van der Waals surface area contributed by atoms with Crippen LogP contribution in [0.4, 0.5) is 10.1 Å². The third-order valence-corrected chi connectivity index (χ3v) is 3.06. The van der Waals surface area contributed by atoms with Gasteiger partial charge in [0.15, 0.2) is 0 Å². The minimum atomic E-state index is -0.695. The van der Waals surface area contributed by atoms with E-state index in [4.69, 9.17) is 34.8 Å². The first-order valence-corrected chi connectivity index (χ1v) is 6.20. The number of nitrogens with one attached hydrogen (secondary N) is 1. The van der Waals surface area contributed by atoms with Gasteiger partial charge in [-0.2, -0.15) is 0 Å². The first-order chi connectivity index (χ1) is 8.99. The van der Waals surface area contributed by atoms with Gasteiger partial charge >= 0.3 is 0 Å². The highest BCUT2D eigenvalue weighted by molar-refractivity contribution is 6.36. The number of para-hydroxylation sites is 1. The van der Waals surface area contributed by atoms with Gasteiger partial charge in [0, 0.05) is 0 Å². The molecule has 1 amide bonds. The van der Waals surface area contributed by atoms with Crippen molar-refractivity contribution in [3.63, 3.8) is 0 Å². The molecule has 0 unspecified atom stereocenters. The van der Waals surface area contributed by atoms with E-state index < -0.39 is 11.7 Å². The molecule has 0 saturated carbocycles. The molecule has 3 nitrogen and oxygen atoms in total. The maximum Gasteiger partial charge on any atom is 0.275 e. The van der Waals surface area contributed by atoms with Gasteiger partial charge in [0.2, 0.25) is 0 Å². The number of halogens is 4. The van der Waals surface area contributed by atoms with E-state index in [1.165, 1.54) is 30.3 Å². The molecule has 1 N–H and O–H groups in total. The molecule has 98 valence electrons. The number of carbonyl (C=O) groups excluding carboxylic acids is 1. The van der Waals surface area contributed by atoms with Crippen LogP contribution in [0.1, 0.15) is 10.5 Å². The summed E-state index contributed by atoms with van der Waals surface area (Å²) in [6.45, 7) is 0. The summed E-state index contributed by atoms with van der Waals surface area (Å²) in [4.78, 5) is 15.7. The lowest BCUT2D eigenvalue weighted by molar-refractivity contribution is 0.102. The molecule has 0 saturated heterocycles. The molecule has 0 radical (unpaired) electrons. The summed E-state index contributed by atoms with van der Waals surface area (Å²) < 4.78 is 13.5. The van der Waals surface area contributed by atoms with Crippen LogP contribution in [0.15, 0.2) is 30.3 Å². The van der Waals surface area contributed by atoms with Crippen molar-refractivity contribution in [2.24, 2.45) is 0 Å². The van der Waals surface area contributed by atoms with Gasteiger partial charge in [-0.15, -0.1) is 0 Å². The first-order valence-electron chi connectivity index (χ1n) is 5.06. The van der Waals surface area contributed by atoms with Gasteiger partial charge < -0.3 is 5.32 Å². The van der Waals surface area contributed by atoms with Gasteiger partial charge in [-0.25, -0.2) is 9.37 Å². The van der Waals surface area contributed by atoms with E-state index in [1.54, 1.807) is 0 Å². The summed E-state index contributed by atoms with van der Waals surface area (Å²) in [5.74, 6) is -1.35. The quantitative estimate of drug-likeness (QED) is 0.832. The molecule has 1 aromatic heterocycles. The lowest BCUT2D eigenvalue weighted by atomic mass is 10.2. The van der Waals surface area contributed by atoms with Crippen LogP contribution < -0.4 is 5.32 Å². The Hall–Kier alpha value is -1.36. The van der Waals surface area contributed by atoms with Crippen molar-refractivity contribution in [3.8, 4) is 0 Å². The molecule has 0 bridgehead atoms. The number of carbonyl (C=O) groups is 1. The van der Waals surface area contributed by atoms with Crippen molar-refractivity contribution in [1.82, 2.24) is 4.98 Å². The van der Waals surface area contributed by atoms with E-state index in [2.05, 4.69) is 10.3 Å². The lowest BCUT2D eigenvalue weighted by Crippen LogP contribution is -2.15. The monoisotopic (exact) mass is 318 g/mol. The Bertz CT molecular complexity index is 629. The highest BCUT2D eigenvalue weighted by atomic mass is 35.5. The zero-order valence-electron chi connectivity index (χ0n) is 9.25. The van der Waals surface area contributed by atoms with Gasteiger partial charge in [0.05, 0.1) is 15.7 Å². The lowest BCUT2D eigenvalue weighted by Gasteiger charge is -2.08. The highest BCUT2D eigenvalue weighted by Gasteiger charge is 2.16. The Morgan fingerprint density at radius 1 is 1.11 bits per heavy atom. The van der Waals surface area contributed by atoms with Gasteiger partial charge in [-0.3, -0.25) is 4.79 Å². The Morgan fingerprint density at radius 2 is 1.84 bits per heavy atom. The third kappa shape index (κ3) is 3.15. The summed E-state index contributed by atoms with van der Waals surface area (Å²) in [6, 6.07) is 6.92. The third-order valence-electron chi connectivity index (χ3n) is 2.23. The molecule has 0 spiro atoms. The smallest absolute Gasteiger partial charge is 0.275 e. The Kier molecular flexibility index (Phi) is 4.24. The fraction of sp³-hybridized carbons (Fsp3) is 0. The second kappa shape index (κ2) is 5.74. The SMILES string of the molecule is O=C(Nc1c(F)cccc1Cl)c1nc(Cl)ccc1Cl. The van der Waals surface area contributed by atoms with Crippen LogP contribution in [0.3, 0.4) is 0 Å². The Morgan fingerprint density at radius 3 is 2.53 bits per heavy atom. The number of rotatable bonds is 2. The maximum atomic E-state index is 13.5. The van der Waals surface area contributed by atoms with E-state index in [0.717, 1.165) is 0 Å². The topological polar surface area (TPSA) is 42.0 Å². The second-order valence-corrected chi connectivity index (χ2v) is 4.72. The number of benzene rings is 1. The molecule has 0 atom stereocenters. The largest absolute Gasteiger partial charge is 0.317 e. The average Bonchev–Trinajstić information content (AvgIpc) is 2.37. The van der Waals surface area contributed by atoms with E-state index in [-0.39, 0.29) is 26.6 Å². The minimum absolute atomic E-state index is 0.0755. The van der Waals surface area contributed by atoms with E-state index in [9.17, 15) is 9.18 Å². The molecular formula is C12H6Cl3FN2O. The molecule has 2 rings (SSSR count). The summed E-state index contributed by atoms with van der Waals surface area (Å²) in [7, 11) is 0. The number of hydrogen-bond acceptors (Lipinski definition) is 2. The number of hydrogen-bond donors (Lipinski definition) is 1. The van der Waals surface area contributed by atoms with E-state index >= 15 is 0 Å². The summed E-state index contributed by atoms with van der Waals surface area (Å²) in [5, 5.41) is 2.60. The van der Waals surface area contributed by atoms with Gasteiger partial charge in [0.25, 0.3) is 5.91 Å². The molecule has 19 heavy (non-hydrogen) atoms. The predicted molar refractivity (Wildman–Crippen MR) is 73.6 cm³/mol. The summed E-state index contributed by atoms with van der Waals surface area (Å²) >= 11 is 17.3. The molecular weight excluding hydrogens is 314 g/mol. The molecule has 0 aliphatic carbocycles. The van der Waals surface area contributed by atoms with Crippen molar-refractivity contribution in [2.45, 2.75) is 0 Å². The van der Waals surface area contributed by atoms with Crippen LogP contribution in [0.2, 0.25) is 15.2 Å². The van der Waals surface area contributed by atoms with E-state index in [0.29, 0.717) is 0 Å². The average molecular weight is 320 g/mol. The van der Waals surface area contributed by atoms with E-state index in [1.807, 2.05) is 0 Å². The minimum Gasteiger partial charge on any atom is -0.317 e. The number of pyridine rings is 1. The summed E-state index contributed by atoms with van der Waals surface area (Å²) in [6.07, 6.45) is 0. The molecule has 0 fully saturated rings. The number of aromatic nitrogens is 1. The van der Waals surface area contributed by atoms with Crippen LogP contribution in [0.5, 0.6) is 0 Å². The zero-order valence-corrected chi connectivity index (χ0v) is 11.5. The molecule has 7 heteroatoms.